The van der Waals surface area contributed by atoms with E-state index in [1.54, 1.807) is 12.1 Å². The molecule has 0 aliphatic rings. The number of hydrogen-bond donors (Lipinski definition) is 2. The van der Waals surface area contributed by atoms with E-state index in [0.29, 0.717) is 11.3 Å². The fraction of sp³-hybridized carbons (Fsp3) is 0.400. The molecule has 3 N–H and O–H groups in total. The van der Waals surface area contributed by atoms with Gasteiger partial charge in [0.2, 0.25) is 0 Å². The number of aliphatic hydroxyl groups is 1. The molecule has 6 nitrogen and oxygen atoms in total. The molecule has 1 aromatic carbocycles. The van der Waals surface area contributed by atoms with Gasteiger partial charge in [-0.1, -0.05) is 6.07 Å². The molecule has 0 aromatic heterocycles. The van der Waals surface area contributed by atoms with Gasteiger partial charge in [0.1, 0.15) is 0 Å². The summed E-state index contributed by atoms with van der Waals surface area (Å²) in [4.78, 5) is 10.2. The Balaban J connectivity index is 2.90. The molecule has 0 saturated heterocycles. The summed E-state index contributed by atoms with van der Waals surface area (Å²) in [6, 6.07) is 4.41. The Morgan fingerprint density at radius 1 is 1.62 bits per heavy atom. The van der Waals surface area contributed by atoms with Crippen LogP contribution < -0.4 is 5.73 Å². The monoisotopic (exact) mass is 226 g/mol. The summed E-state index contributed by atoms with van der Waals surface area (Å²) in [5.41, 5.74) is 6.17. The Hall–Kier alpha value is -1.66. The zero-order valence-corrected chi connectivity index (χ0v) is 8.92. The van der Waals surface area contributed by atoms with Gasteiger partial charge in [-0.05, 0) is 6.07 Å². The quantitative estimate of drug-likeness (QED) is 0.438. The van der Waals surface area contributed by atoms with Gasteiger partial charge in [0, 0.05) is 30.8 Å². The van der Waals surface area contributed by atoms with E-state index in [-0.39, 0.29) is 18.7 Å². The van der Waals surface area contributed by atoms with Crippen molar-refractivity contribution in [2.45, 2.75) is 12.5 Å². The number of nitro benzene ring substituents is 1. The molecule has 0 spiro atoms. The summed E-state index contributed by atoms with van der Waals surface area (Å²) in [6.07, 6.45) is -0.586. The second kappa shape index (κ2) is 5.43. The maximum absolute atomic E-state index is 10.8. The molecule has 0 heterocycles. The Morgan fingerprint density at radius 2 is 2.31 bits per heavy atom. The molecule has 0 aliphatic heterocycles. The van der Waals surface area contributed by atoms with Crippen LogP contribution in [-0.2, 0) is 11.2 Å². The van der Waals surface area contributed by atoms with Crippen LogP contribution in [-0.4, -0.2) is 29.9 Å². The third-order valence-corrected chi connectivity index (χ3v) is 2.12. The van der Waals surface area contributed by atoms with Crippen molar-refractivity contribution in [3.8, 4) is 0 Å². The molecule has 0 saturated carbocycles. The van der Waals surface area contributed by atoms with Gasteiger partial charge < -0.3 is 15.6 Å². The van der Waals surface area contributed by atoms with E-state index in [2.05, 4.69) is 0 Å². The number of ether oxygens (including phenoxy) is 1. The normalized spacial score (nSPS) is 12.4. The van der Waals surface area contributed by atoms with E-state index in [9.17, 15) is 15.2 Å². The van der Waals surface area contributed by atoms with E-state index < -0.39 is 11.0 Å². The predicted molar refractivity (Wildman–Crippen MR) is 59.1 cm³/mol. The van der Waals surface area contributed by atoms with Crippen molar-refractivity contribution in [1.82, 2.24) is 0 Å². The van der Waals surface area contributed by atoms with Crippen LogP contribution in [0.5, 0.6) is 0 Å². The number of nitrogens with two attached hydrogens (primary N) is 1. The highest BCUT2D eigenvalue weighted by molar-refractivity contribution is 5.52. The van der Waals surface area contributed by atoms with Gasteiger partial charge in [0.25, 0.3) is 5.69 Å². The molecule has 0 bridgehead atoms. The number of nitrogen functional groups attached to an aromatic ring is 1. The van der Waals surface area contributed by atoms with Gasteiger partial charge in [-0.15, -0.1) is 0 Å². The summed E-state index contributed by atoms with van der Waals surface area (Å²) in [5.74, 6) is 0. The van der Waals surface area contributed by atoms with Crippen molar-refractivity contribution in [3.05, 3.63) is 33.9 Å². The first-order chi connectivity index (χ1) is 7.54. The first kappa shape index (κ1) is 12.4. The Morgan fingerprint density at radius 3 is 2.88 bits per heavy atom. The molecule has 1 unspecified atom stereocenters. The highest BCUT2D eigenvalue weighted by Gasteiger charge is 2.16. The molecule has 0 fully saturated rings. The Kier molecular flexibility index (Phi) is 4.21. The first-order valence-electron chi connectivity index (χ1n) is 4.74. The lowest BCUT2D eigenvalue weighted by molar-refractivity contribution is -0.385. The lowest BCUT2D eigenvalue weighted by Gasteiger charge is -2.09. The van der Waals surface area contributed by atoms with E-state index in [1.165, 1.54) is 13.2 Å². The largest absolute Gasteiger partial charge is 0.399 e. The van der Waals surface area contributed by atoms with Gasteiger partial charge in [-0.2, -0.15) is 0 Å². The lowest BCUT2D eigenvalue weighted by Crippen LogP contribution is -2.17. The molecule has 0 amide bonds. The number of nitrogens with zero attached hydrogens (tertiary/aromatic N) is 1. The number of anilines is 1. The summed E-state index contributed by atoms with van der Waals surface area (Å²) >= 11 is 0. The van der Waals surface area contributed by atoms with Gasteiger partial charge >= 0.3 is 0 Å². The fourth-order valence-electron chi connectivity index (χ4n) is 1.43. The molecule has 88 valence electrons. The van der Waals surface area contributed by atoms with Gasteiger partial charge in [0.15, 0.2) is 0 Å². The van der Waals surface area contributed by atoms with Crippen LogP contribution >= 0.6 is 0 Å². The number of methoxy groups -OCH3 is 1. The number of rotatable bonds is 5. The summed E-state index contributed by atoms with van der Waals surface area (Å²) in [7, 11) is 1.46. The standard InChI is InChI=1S/C10H14N2O4/c1-16-6-9(13)4-7-2-3-8(11)5-10(7)12(14)15/h2-3,5,9,13H,4,6,11H2,1H3. The molecule has 0 radical (unpaired) electrons. The molecular weight excluding hydrogens is 212 g/mol. The highest BCUT2D eigenvalue weighted by Crippen LogP contribution is 2.22. The fourth-order valence-corrected chi connectivity index (χ4v) is 1.43. The molecular formula is C10H14N2O4. The maximum atomic E-state index is 10.8. The Labute approximate surface area is 92.8 Å². The molecule has 0 aliphatic carbocycles. The molecule has 1 aromatic rings. The Bertz CT molecular complexity index is 381. The molecule has 1 atom stereocenters. The number of hydrogen-bond acceptors (Lipinski definition) is 5. The van der Waals surface area contributed by atoms with E-state index >= 15 is 0 Å². The van der Waals surface area contributed by atoms with Crippen molar-refractivity contribution in [1.29, 1.82) is 0 Å². The maximum Gasteiger partial charge on any atom is 0.274 e. The van der Waals surface area contributed by atoms with Crippen molar-refractivity contribution in [3.63, 3.8) is 0 Å². The average molecular weight is 226 g/mol. The first-order valence-corrected chi connectivity index (χ1v) is 4.74. The minimum absolute atomic E-state index is 0.0739. The minimum atomic E-state index is -0.757. The lowest BCUT2D eigenvalue weighted by atomic mass is 10.1. The third-order valence-electron chi connectivity index (χ3n) is 2.12. The smallest absolute Gasteiger partial charge is 0.274 e. The van der Waals surface area contributed by atoms with Crippen LogP contribution in [0.4, 0.5) is 11.4 Å². The van der Waals surface area contributed by atoms with E-state index in [4.69, 9.17) is 10.5 Å². The second-order valence-electron chi connectivity index (χ2n) is 3.46. The van der Waals surface area contributed by atoms with Gasteiger partial charge in [-0.25, -0.2) is 0 Å². The number of nitro groups is 1. The third kappa shape index (κ3) is 3.18. The van der Waals surface area contributed by atoms with Gasteiger partial charge in [0.05, 0.1) is 17.6 Å². The highest BCUT2D eigenvalue weighted by atomic mass is 16.6. The average Bonchev–Trinajstić information content (AvgIpc) is 2.20. The van der Waals surface area contributed by atoms with Crippen LogP contribution in [0.25, 0.3) is 0 Å². The SMILES string of the molecule is COCC(O)Cc1ccc(N)cc1[N+](=O)[O-]. The van der Waals surface area contributed by atoms with Crippen LogP contribution in [0.15, 0.2) is 18.2 Å². The van der Waals surface area contributed by atoms with Crippen molar-refractivity contribution in [2.24, 2.45) is 0 Å². The summed E-state index contributed by atoms with van der Waals surface area (Å²) in [5, 5.41) is 20.2. The van der Waals surface area contributed by atoms with E-state index in [1.807, 2.05) is 0 Å². The van der Waals surface area contributed by atoms with Crippen LogP contribution in [0.2, 0.25) is 0 Å². The molecule has 6 heteroatoms. The second-order valence-corrected chi connectivity index (χ2v) is 3.46. The topological polar surface area (TPSA) is 98.6 Å². The number of benzene rings is 1. The van der Waals surface area contributed by atoms with Crippen LogP contribution in [0, 0.1) is 10.1 Å². The summed E-state index contributed by atoms with van der Waals surface area (Å²) < 4.78 is 4.76. The van der Waals surface area contributed by atoms with Crippen LogP contribution in [0.1, 0.15) is 5.56 Å². The predicted octanol–water partition coefficient (Wildman–Crippen LogP) is 0.727. The zero-order chi connectivity index (χ0) is 12.1. The van der Waals surface area contributed by atoms with E-state index in [0.717, 1.165) is 0 Å². The zero-order valence-electron chi connectivity index (χ0n) is 8.92. The van der Waals surface area contributed by atoms with Crippen molar-refractivity contribution < 1.29 is 14.8 Å². The van der Waals surface area contributed by atoms with Crippen LogP contribution in [0.3, 0.4) is 0 Å². The summed E-state index contributed by atoms with van der Waals surface area (Å²) in [6.45, 7) is 0.140. The minimum Gasteiger partial charge on any atom is -0.399 e. The van der Waals surface area contributed by atoms with Crippen molar-refractivity contribution in [2.75, 3.05) is 19.5 Å². The molecule has 16 heavy (non-hydrogen) atoms. The van der Waals surface area contributed by atoms with Gasteiger partial charge in [-0.3, -0.25) is 10.1 Å². The number of aliphatic hydroxyl groups excluding tert-OH is 1. The van der Waals surface area contributed by atoms with Crippen molar-refractivity contribution >= 4 is 11.4 Å². The molecule has 1 rings (SSSR count).